The van der Waals surface area contributed by atoms with Crippen molar-refractivity contribution in [3.63, 3.8) is 0 Å². The molecule has 7 heteroatoms. The summed E-state index contributed by atoms with van der Waals surface area (Å²) >= 11 is 0. The fourth-order valence-electron chi connectivity index (χ4n) is 1.48. The molecule has 0 aromatic heterocycles. The predicted molar refractivity (Wildman–Crippen MR) is 57.9 cm³/mol. The van der Waals surface area contributed by atoms with Crippen molar-refractivity contribution >= 4 is 10.5 Å². The summed E-state index contributed by atoms with van der Waals surface area (Å²) in [6, 6.07) is 1.30. The molecule has 0 bridgehead atoms. The van der Waals surface area contributed by atoms with Gasteiger partial charge in [0.1, 0.15) is 5.82 Å². The third-order valence-electron chi connectivity index (χ3n) is 2.45. The van der Waals surface area contributed by atoms with Gasteiger partial charge >= 0.3 is 0 Å². The molecule has 1 aromatic carbocycles. The number of halogens is 3. The molecule has 0 saturated carbocycles. The van der Waals surface area contributed by atoms with Gasteiger partial charge in [0.2, 0.25) is 0 Å². The Kier molecular flexibility index (Phi) is 5.33. The van der Waals surface area contributed by atoms with Gasteiger partial charge in [-0.3, -0.25) is 0 Å². The fourth-order valence-corrected chi connectivity index (χ4v) is 1.58. The first kappa shape index (κ1) is 15.2. The zero-order chi connectivity index (χ0) is 13.8. The number of rotatable bonds is 6. The molecule has 18 heavy (non-hydrogen) atoms. The molecule has 0 aliphatic carbocycles. The first-order valence-electron chi connectivity index (χ1n) is 5.28. The Hall–Kier alpha value is -0.893. The third kappa shape index (κ3) is 4.41. The van der Waals surface area contributed by atoms with Gasteiger partial charge in [0.05, 0.1) is 0 Å². The molecule has 0 aliphatic heterocycles. The molecule has 3 nitrogen and oxygen atoms in total. The van der Waals surface area contributed by atoms with E-state index in [1.807, 2.05) is 0 Å². The van der Waals surface area contributed by atoms with Crippen LogP contribution in [0.2, 0.25) is 0 Å². The van der Waals surface area contributed by atoms with Crippen molar-refractivity contribution in [2.24, 2.45) is 0 Å². The average molecular weight is 277 g/mol. The highest BCUT2D eigenvalue weighted by Crippen LogP contribution is 2.18. The van der Waals surface area contributed by atoms with Crippen LogP contribution in [0.15, 0.2) is 12.1 Å². The summed E-state index contributed by atoms with van der Waals surface area (Å²) in [5, 5.41) is 18.1. The number of benzene rings is 1. The molecular formula is C11H12F3O3Si. The largest absolute Gasteiger partial charge is 0.371 e. The number of aryl methyl sites for hydroxylation is 1. The number of hydrogen-bond acceptors (Lipinski definition) is 3. The third-order valence-corrected chi connectivity index (χ3v) is 2.78. The average Bonchev–Trinajstić information content (AvgIpc) is 2.31. The number of unbranched alkanes of at least 4 members (excludes halogenated alkanes) is 1. The van der Waals surface area contributed by atoms with Crippen LogP contribution in [0.3, 0.4) is 0 Å². The highest BCUT2D eigenvalue weighted by Gasteiger charge is 2.20. The first-order chi connectivity index (χ1) is 8.35. The first-order valence-corrected chi connectivity index (χ1v) is 5.69. The van der Waals surface area contributed by atoms with Gasteiger partial charge < -0.3 is 14.6 Å². The molecule has 0 saturated heterocycles. The summed E-state index contributed by atoms with van der Waals surface area (Å²) in [5.41, 5.74) is 0.0506. The van der Waals surface area contributed by atoms with Crippen molar-refractivity contribution in [2.75, 3.05) is 0 Å². The molecule has 1 aromatic rings. The molecule has 0 unspecified atom stereocenters. The molecule has 0 spiro atoms. The lowest BCUT2D eigenvalue weighted by molar-refractivity contribution is -0.295. The van der Waals surface area contributed by atoms with Gasteiger partial charge in [0, 0.05) is 12.5 Å². The molecule has 99 valence electrons. The van der Waals surface area contributed by atoms with Crippen LogP contribution in [0, 0.1) is 17.5 Å². The van der Waals surface area contributed by atoms with E-state index in [9.17, 15) is 13.2 Å². The Balaban J connectivity index is 2.47. The molecule has 0 aliphatic rings. The predicted octanol–water partition coefficient (Wildman–Crippen LogP) is 1.56. The van der Waals surface area contributed by atoms with E-state index >= 15 is 0 Å². The van der Waals surface area contributed by atoms with Crippen LogP contribution in [-0.4, -0.2) is 26.7 Å². The van der Waals surface area contributed by atoms with Crippen LogP contribution < -0.4 is 0 Å². The van der Waals surface area contributed by atoms with Gasteiger partial charge in [-0.1, -0.05) is 0 Å². The Labute approximate surface area is 106 Å². The number of aliphatic hydroxyl groups is 2. The molecule has 0 fully saturated rings. The van der Waals surface area contributed by atoms with Gasteiger partial charge in [-0.2, -0.15) is 0 Å². The lowest BCUT2D eigenvalue weighted by Crippen LogP contribution is -2.30. The van der Waals surface area contributed by atoms with Gasteiger partial charge in [0.15, 0.2) is 11.6 Å². The Morgan fingerprint density at radius 2 is 1.67 bits per heavy atom. The molecule has 3 radical (unpaired) electrons. The lowest BCUT2D eigenvalue weighted by atomic mass is 10.1. The highest BCUT2D eigenvalue weighted by atomic mass is 28.2. The van der Waals surface area contributed by atoms with Crippen LogP contribution in [0.1, 0.15) is 24.8 Å². The van der Waals surface area contributed by atoms with Gasteiger partial charge in [0.25, 0.3) is 16.5 Å². The lowest BCUT2D eigenvalue weighted by Gasteiger charge is -2.19. The van der Waals surface area contributed by atoms with Crippen LogP contribution >= 0.6 is 0 Å². The van der Waals surface area contributed by atoms with E-state index in [0.717, 1.165) is 6.07 Å². The van der Waals surface area contributed by atoms with Crippen LogP contribution in [0.25, 0.3) is 0 Å². The monoisotopic (exact) mass is 277 g/mol. The van der Waals surface area contributed by atoms with Crippen LogP contribution in [-0.2, 0) is 10.8 Å². The van der Waals surface area contributed by atoms with Gasteiger partial charge in [-0.25, -0.2) is 13.2 Å². The minimum atomic E-state index is -2.29. The van der Waals surface area contributed by atoms with Crippen molar-refractivity contribution < 1.29 is 27.8 Å². The van der Waals surface area contributed by atoms with E-state index in [4.69, 9.17) is 10.2 Å². The minimum absolute atomic E-state index is 0.0506. The molecule has 0 heterocycles. The summed E-state index contributed by atoms with van der Waals surface area (Å²) in [5.74, 6) is -5.43. The molecule has 0 amide bonds. The van der Waals surface area contributed by atoms with Gasteiger partial charge in [-0.05, 0) is 30.9 Å². The van der Waals surface area contributed by atoms with E-state index < -0.39 is 23.4 Å². The fraction of sp³-hybridized carbons (Fsp3) is 0.455. The van der Waals surface area contributed by atoms with E-state index in [2.05, 4.69) is 14.9 Å². The van der Waals surface area contributed by atoms with Crippen molar-refractivity contribution in [1.29, 1.82) is 0 Å². The summed E-state index contributed by atoms with van der Waals surface area (Å²) in [6.45, 7) is 0. The highest BCUT2D eigenvalue weighted by molar-refractivity contribution is 5.98. The number of hydrogen-bond donors (Lipinski definition) is 2. The normalized spacial score (nSPS) is 11.9. The van der Waals surface area contributed by atoms with E-state index in [1.165, 1.54) is 0 Å². The Bertz CT molecular complexity index is 413. The van der Waals surface area contributed by atoms with E-state index in [0.29, 0.717) is 18.9 Å². The maximum atomic E-state index is 13.2. The molecule has 1 rings (SSSR count). The smallest absolute Gasteiger partial charge is 0.267 e. The summed E-state index contributed by atoms with van der Waals surface area (Å²) in [4.78, 5) is 0. The Morgan fingerprint density at radius 3 is 2.28 bits per heavy atom. The van der Waals surface area contributed by atoms with Crippen molar-refractivity contribution in [3.8, 4) is 0 Å². The summed E-state index contributed by atoms with van der Waals surface area (Å²) in [6.07, 6.45) is 0.763. The molecule has 0 atom stereocenters. The SMILES string of the molecule is OC(O)(CCCCc1cc(F)c(F)cc1F)O[Si]. The molecule has 2 N–H and O–H groups in total. The zero-order valence-corrected chi connectivity index (χ0v) is 10.4. The van der Waals surface area contributed by atoms with E-state index in [1.54, 1.807) is 0 Å². The molecular weight excluding hydrogens is 265 g/mol. The standard InChI is InChI=1S/C11H12F3O3Si/c12-8-6-10(14)9(13)5-7(8)3-1-2-4-11(15,16)17-18/h5-6,15-16H,1-4H2. The minimum Gasteiger partial charge on any atom is -0.371 e. The summed E-state index contributed by atoms with van der Waals surface area (Å²) in [7, 11) is 2.49. The van der Waals surface area contributed by atoms with E-state index in [-0.39, 0.29) is 18.4 Å². The van der Waals surface area contributed by atoms with Crippen LogP contribution in [0.5, 0.6) is 0 Å². The Morgan fingerprint density at radius 1 is 1.06 bits per heavy atom. The van der Waals surface area contributed by atoms with Crippen molar-refractivity contribution in [3.05, 3.63) is 35.1 Å². The second-order valence-corrected chi connectivity index (χ2v) is 4.11. The zero-order valence-electron chi connectivity index (χ0n) is 9.42. The van der Waals surface area contributed by atoms with Gasteiger partial charge in [-0.15, -0.1) is 0 Å². The maximum Gasteiger partial charge on any atom is 0.267 e. The summed E-state index contributed by atoms with van der Waals surface area (Å²) < 4.78 is 42.9. The van der Waals surface area contributed by atoms with Crippen molar-refractivity contribution in [1.82, 2.24) is 0 Å². The topological polar surface area (TPSA) is 49.7 Å². The maximum absolute atomic E-state index is 13.2. The second-order valence-electron chi connectivity index (χ2n) is 3.91. The second kappa shape index (κ2) is 6.33. The van der Waals surface area contributed by atoms with Crippen molar-refractivity contribution in [2.45, 2.75) is 31.7 Å². The quantitative estimate of drug-likeness (QED) is 0.359. The van der Waals surface area contributed by atoms with Crippen LogP contribution in [0.4, 0.5) is 13.2 Å².